The number of esters is 1. The van der Waals surface area contributed by atoms with Gasteiger partial charge in [-0.25, -0.2) is 4.98 Å². The molecule has 0 spiro atoms. The molecule has 5 heteroatoms. The maximum Gasteiger partial charge on any atom is 0.311 e. The molecular formula is C27H23N3O2. The lowest BCUT2D eigenvalue weighted by Gasteiger charge is -2.07. The normalized spacial score (nSPS) is 11.2. The minimum atomic E-state index is -0.251. The van der Waals surface area contributed by atoms with Gasteiger partial charge in [0.05, 0.1) is 23.1 Å². The molecule has 0 fully saturated rings. The Kier molecular flexibility index (Phi) is 5.38. The molecule has 2 aromatic carbocycles. The summed E-state index contributed by atoms with van der Waals surface area (Å²) < 4.78 is 5.38. The molecule has 0 atom stereocenters. The predicted molar refractivity (Wildman–Crippen MR) is 127 cm³/mol. The molecule has 0 saturated carbocycles. The van der Waals surface area contributed by atoms with Crippen LogP contribution < -0.4 is 4.74 Å². The van der Waals surface area contributed by atoms with Crippen molar-refractivity contribution in [1.82, 2.24) is 15.0 Å². The van der Waals surface area contributed by atoms with Crippen molar-refractivity contribution in [3.8, 4) is 17.1 Å². The molecule has 32 heavy (non-hydrogen) atoms. The predicted octanol–water partition coefficient (Wildman–Crippen LogP) is 6.01. The molecule has 3 aromatic heterocycles. The van der Waals surface area contributed by atoms with E-state index in [0.29, 0.717) is 18.6 Å². The third-order valence-electron chi connectivity index (χ3n) is 5.59. The van der Waals surface area contributed by atoms with Gasteiger partial charge in [0.25, 0.3) is 0 Å². The number of fused-ring (bicyclic) bond motifs is 2. The first-order valence-corrected chi connectivity index (χ1v) is 10.8. The van der Waals surface area contributed by atoms with Gasteiger partial charge in [0, 0.05) is 28.9 Å². The highest BCUT2D eigenvalue weighted by atomic mass is 16.5. The standard InChI is InChI=1S/C27H23N3O2/c1-18-11-13-24-22(16-18)21(8-4-10-26(31)32-20-7-5-15-28-17-20)27(30-24)25-14-12-19-6-2-3-9-23(19)29-25/h2-3,5-7,9,11-17,30H,4,8,10H2,1H3. The quantitative estimate of drug-likeness (QED) is 0.341. The summed E-state index contributed by atoms with van der Waals surface area (Å²) >= 11 is 0. The second-order valence-electron chi connectivity index (χ2n) is 7.93. The number of ether oxygens (including phenoxy) is 1. The number of benzene rings is 2. The van der Waals surface area contributed by atoms with Crippen LogP contribution >= 0.6 is 0 Å². The van der Waals surface area contributed by atoms with Crippen LogP contribution in [0, 0.1) is 6.92 Å². The summed E-state index contributed by atoms with van der Waals surface area (Å²) in [5.41, 5.74) is 6.34. The Labute approximate surface area is 186 Å². The number of carbonyl (C=O) groups is 1. The number of hydrogen-bond donors (Lipinski definition) is 1. The molecule has 0 radical (unpaired) electrons. The summed E-state index contributed by atoms with van der Waals surface area (Å²) in [7, 11) is 0. The number of nitrogens with one attached hydrogen (secondary N) is 1. The van der Waals surface area contributed by atoms with E-state index in [9.17, 15) is 4.79 Å². The zero-order chi connectivity index (χ0) is 21.9. The van der Waals surface area contributed by atoms with Crippen molar-refractivity contribution < 1.29 is 9.53 Å². The van der Waals surface area contributed by atoms with Gasteiger partial charge in [-0.05, 0) is 61.7 Å². The average molecular weight is 422 g/mol. The number of rotatable bonds is 6. The second-order valence-corrected chi connectivity index (χ2v) is 7.93. The molecule has 5 aromatic rings. The molecule has 0 aliphatic carbocycles. The molecular weight excluding hydrogens is 398 g/mol. The third kappa shape index (κ3) is 4.10. The van der Waals surface area contributed by atoms with Crippen molar-refractivity contribution >= 4 is 27.8 Å². The van der Waals surface area contributed by atoms with Gasteiger partial charge in [-0.1, -0.05) is 35.9 Å². The number of aromatic nitrogens is 3. The first kappa shape index (κ1) is 19.9. The number of aromatic amines is 1. The maximum atomic E-state index is 12.3. The number of hydrogen-bond acceptors (Lipinski definition) is 4. The van der Waals surface area contributed by atoms with Crippen molar-refractivity contribution in [2.24, 2.45) is 0 Å². The van der Waals surface area contributed by atoms with E-state index >= 15 is 0 Å². The van der Waals surface area contributed by atoms with Crippen LogP contribution in [0.5, 0.6) is 5.75 Å². The zero-order valence-electron chi connectivity index (χ0n) is 17.8. The molecule has 5 nitrogen and oxygen atoms in total. The fourth-order valence-electron chi connectivity index (χ4n) is 4.04. The molecule has 1 N–H and O–H groups in total. The largest absolute Gasteiger partial charge is 0.425 e. The van der Waals surface area contributed by atoms with E-state index in [1.165, 1.54) is 16.5 Å². The summed E-state index contributed by atoms with van der Waals surface area (Å²) in [6, 6.07) is 22.2. The molecule has 0 bridgehead atoms. The van der Waals surface area contributed by atoms with Gasteiger partial charge in [0.1, 0.15) is 5.75 Å². The van der Waals surface area contributed by atoms with Crippen molar-refractivity contribution in [2.75, 3.05) is 0 Å². The van der Waals surface area contributed by atoms with E-state index in [1.807, 2.05) is 18.2 Å². The SMILES string of the molecule is Cc1ccc2[nH]c(-c3ccc4ccccc4n3)c(CCCC(=O)Oc3cccnc3)c2c1. The van der Waals surface area contributed by atoms with Crippen LogP contribution in [-0.2, 0) is 11.2 Å². The van der Waals surface area contributed by atoms with Crippen LogP contribution in [0.2, 0.25) is 0 Å². The van der Waals surface area contributed by atoms with Gasteiger partial charge in [0.2, 0.25) is 0 Å². The number of H-pyrrole nitrogens is 1. The first-order chi connectivity index (χ1) is 15.7. The summed E-state index contributed by atoms with van der Waals surface area (Å²) in [5, 5.41) is 2.29. The minimum absolute atomic E-state index is 0.251. The molecule has 0 aliphatic rings. The lowest BCUT2D eigenvalue weighted by Crippen LogP contribution is -2.08. The lowest BCUT2D eigenvalue weighted by molar-refractivity contribution is -0.134. The molecule has 0 saturated heterocycles. The smallest absolute Gasteiger partial charge is 0.311 e. The molecule has 0 amide bonds. The van der Waals surface area contributed by atoms with Crippen LogP contribution in [0.15, 0.2) is 79.1 Å². The van der Waals surface area contributed by atoms with E-state index in [1.54, 1.807) is 24.5 Å². The van der Waals surface area contributed by atoms with Crippen molar-refractivity contribution in [1.29, 1.82) is 0 Å². The van der Waals surface area contributed by atoms with Crippen molar-refractivity contribution in [2.45, 2.75) is 26.2 Å². The minimum Gasteiger partial charge on any atom is -0.425 e. The number of carbonyl (C=O) groups excluding carboxylic acids is 1. The third-order valence-corrected chi connectivity index (χ3v) is 5.59. The van der Waals surface area contributed by atoms with Gasteiger partial charge < -0.3 is 9.72 Å². The van der Waals surface area contributed by atoms with E-state index in [4.69, 9.17) is 9.72 Å². The monoisotopic (exact) mass is 421 g/mol. The van der Waals surface area contributed by atoms with Gasteiger partial charge >= 0.3 is 5.97 Å². The van der Waals surface area contributed by atoms with E-state index in [2.05, 4.69) is 53.3 Å². The lowest BCUT2D eigenvalue weighted by atomic mass is 10.0. The number of aryl methyl sites for hydroxylation is 2. The van der Waals surface area contributed by atoms with Crippen molar-refractivity contribution in [3.05, 3.63) is 90.3 Å². The fourth-order valence-corrected chi connectivity index (χ4v) is 4.04. The molecule has 3 heterocycles. The number of nitrogens with zero attached hydrogens (tertiary/aromatic N) is 2. The van der Waals surface area contributed by atoms with Crippen LogP contribution in [0.1, 0.15) is 24.0 Å². The second kappa shape index (κ2) is 8.63. The highest BCUT2D eigenvalue weighted by Crippen LogP contribution is 2.32. The van der Waals surface area contributed by atoms with E-state index in [0.717, 1.165) is 34.2 Å². The van der Waals surface area contributed by atoms with E-state index in [-0.39, 0.29) is 5.97 Å². The summed E-state index contributed by atoms with van der Waals surface area (Å²) in [4.78, 5) is 24.7. The Morgan fingerprint density at radius 3 is 2.81 bits per heavy atom. The summed E-state index contributed by atoms with van der Waals surface area (Å²) in [6.45, 7) is 2.09. The van der Waals surface area contributed by atoms with Gasteiger partial charge in [-0.3, -0.25) is 9.78 Å². The first-order valence-electron chi connectivity index (χ1n) is 10.8. The molecule has 0 aliphatic heterocycles. The molecule has 5 rings (SSSR count). The van der Waals surface area contributed by atoms with Crippen molar-refractivity contribution in [3.63, 3.8) is 0 Å². The Morgan fingerprint density at radius 2 is 1.94 bits per heavy atom. The van der Waals surface area contributed by atoms with Gasteiger partial charge in [-0.2, -0.15) is 0 Å². The highest BCUT2D eigenvalue weighted by Gasteiger charge is 2.16. The average Bonchev–Trinajstić information content (AvgIpc) is 3.17. The van der Waals surface area contributed by atoms with Crippen LogP contribution in [-0.4, -0.2) is 20.9 Å². The molecule has 0 unspecified atom stereocenters. The fraction of sp³-hybridized carbons (Fsp3) is 0.148. The topological polar surface area (TPSA) is 67.9 Å². The Balaban J connectivity index is 1.43. The van der Waals surface area contributed by atoms with Crippen LogP contribution in [0.4, 0.5) is 0 Å². The van der Waals surface area contributed by atoms with Crippen LogP contribution in [0.3, 0.4) is 0 Å². The van der Waals surface area contributed by atoms with Gasteiger partial charge in [0.15, 0.2) is 0 Å². The number of para-hydroxylation sites is 1. The number of pyridine rings is 2. The zero-order valence-corrected chi connectivity index (χ0v) is 17.8. The maximum absolute atomic E-state index is 12.3. The highest BCUT2D eigenvalue weighted by molar-refractivity contribution is 5.92. The van der Waals surface area contributed by atoms with E-state index < -0.39 is 0 Å². The summed E-state index contributed by atoms with van der Waals surface area (Å²) in [6.07, 6.45) is 4.95. The Hall–Kier alpha value is -3.99. The van der Waals surface area contributed by atoms with Gasteiger partial charge in [-0.15, -0.1) is 0 Å². The Morgan fingerprint density at radius 1 is 1.03 bits per heavy atom. The molecule has 158 valence electrons. The van der Waals surface area contributed by atoms with Crippen LogP contribution in [0.25, 0.3) is 33.2 Å². The Bertz CT molecular complexity index is 1410. The summed E-state index contributed by atoms with van der Waals surface area (Å²) in [5.74, 6) is 0.223.